The van der Waals surface area contributed by atoms with Crippen molar-refractivity contribution < 1.29 is 31.5 Å². The zero-order chi connectivity index (χ0) is 33.7. The van der Waals surface area contributed by atoms with Gasteiger partial charge >= 0.3 is 0 Å². The van der Waals surface area contributed by atoms with Crippen LogP contribution in [0.3, 0.4) is 0 Å². The molecule has 1 heterocycles. The fourth-order valence-corrected chi connectivity index (χ4v) is 7.41. The molecule has 2 saturated carbocycles. The fourth-order valence-electron chi connectivity index (χ4n) is 6.66. The Morgan fingerprint density at radius 1 is 1.07 bits per heavy atom. The topological polar surface area (TPSA) is 114 Å². The van der Waals surface area contributed by atoms with Crippen molar-refractivity contribution >= 4 is 21.8 Å². The van der Waals surface area contributed by atoms with Crippen LogP contribution >= 0.6 is 0 Å². The van der Waals surface area contributed by atoms with Crippen LogP contribution in [0.15, 0.2) is 36.4 Å². The number of ether oxygens (including phenoxy) is 1. The van der Waals surface area contributed by atoms with Gasteiger partial charge in [0.2, 0.25) is 21.6 Å². The molecule has 0 unspecified atom stereocenters. The molecule has 2 amide bonds. The zero-order valence-corrected chi connectivity index (χ0v) is 28.5. The Kier molecular flexibility index (Phi) is 9.33. The average molecular weight is 660 g/mol. The second-order valence-electron chi connectivity index (χ2n) is 14.8. The Labute approximate surface area is 271 Å². The van der Waals surface area contributed by atoms with E-state index in [2.05, 4.69) is 15.4 Å². The van der Waals surface area contributed by atoms with Crippen LogP contribution in [0.2, 0.25) is 0 Å². The van der Waals surface area contributed by atoms with Gasteiger partial charge in [-0.25, -0.2) is 17.2 Å². The van der Waals surface area contributed by atoms with Gasteiger partial charge in [0, 0.05) is 36.5 Å². The number of rotatable bonds is 10. The highest BCUT2D eigenvalue weighted by molar-refractivity contribution is 7.90. The second-order valence-corrected chi connectivity index (χ2v) is 17.0. The van der Waals surface area contributed by atoms with Crippen LogP contribution in [-0.2, 0) is 25.0 Å². The van der Waals surface area contributed by atoms with Crippen molar-refractivity contribution in [3.8, 4) is 16.9 Å². The number of carbonyl (C=O) groups excluding carboxylic acids is 2. The van der Waals surface area contributed by atoms with Crippen LogP contribution in [0.4, 0.5) is 8.78 Å². The highest BCUT2D eigenvalue weighted by Crippen LogP contribution is 2.46. The van der Waals surface area contributed by atoms with Crippen LogP contribution in [-0.4, -0.2) is 55.4 Å². The van der Waals surface area contributed by atoms with Crippen molar-refractivity contribution in [2.24, 2.45) is 0 Å². The van der Waals surface area contributed by atoms with E-state index >= 15 is 8.78 Å². The first kappa shape index (κ1) is 34.3. The largest absolute Gasteiger partial charge is 0.490 e. The monoisotopic (exact) mass is 659 g/mol. The number of nitrogens with one attached hydrogen (secondary N) is 3. The standard InChI is InChI=1S/C35H47F2N3O5S/c1-21(2)46(43,44)40-31(41)34(5,6)23-13-16-29(27(17-23)26-11-8-12-28(36)30(26)22-9-7-10-22)45-25-15-14-24(18-25)39-32(42)35(37)19-33(3,4)38-20-35/h8,11-13,16-17,21-22,24-25,38H,7,9-10,14-15,18-20H2,1-6H3,(H,39,42)(H,40,41)/t24-,25-,35-/m1/s1. The van der Waals surface area contributed by atoms with Gasteiger partial charge in [0.25, 0.3) is 5.91 Å². The molecule has 1 saturated heterocycles. The molecule has 3 atom stereocenters. The van der Waals surface area contributed by atoms with E-state index in [1.807, 2.05) is 19.9 Å². The molecule has 0 aromatic heterocycles. The van der Waals surface area contributed by atoms with E-state index in [9.17, 15) is 18.0 Å². The molecule has 46 heavy (non-hydrogen) atoms. The number of halogens is 2. The summed E-state index contributed by atoms with van der Waals surface area (Å²) in [5.74, 6) is -1.01. The maximum absolute atomic E-state index is 15.4. The minimum Gasteiger partial charge on any atom is -0.490 e. The summed E-state index contributed by atoms with van der Waals surface area (Å²) in [6.45, 7) is 10.0. The molecule has 3 aliphatic rings. The predicted octanol–water partition coefficient (Wildman–Crippen LogP) is 5.79. The maximum atomic E-state index is 15.4. The lowest BCUT2D eigenvalue weighted by atomic mass is 9.76. The lowest BCUT2D eigenvalue weighted by molar-refractivity contribution is -0.132. The van der Waals surface area contributed by atoms with Crippen molar-refractivity contribution in [2.75, 3.05) is 6.54 Å². The Hall–Kier alpha value is -3.05. The van der Waals surface area contributed by atoms with Crippen molar-refractivity contribution in [1.82, 2.24) is 15.4 Å². The van der Waals surface area contributed by atoms with E-state index in [1.165, 1.54) is 19.9 Å². The summed E-state index contributed by atoms with van der Waals surface area (Å²) in [5, 5.41) is 5.19. The molecule has 2 aromatic rings. The number of carbonyl (C=O) groups is 2. The summed E-state index contributed by atoms with van der Waals surface area (Å²) in [6.07, 6.45) is 4.33. The highest BCUT2D eigenvalue weighted by Gasteiger charge is 2.50. The number of hydrogen-bond donors (Lipinski definition) is 3. The Morgan fingerprint density at radius 3 is 2.39 bits per heavy atom. The maximum Gasteiger partial charge on any atom is 0.259 e. The van der Waals surface area contributed by atoms with Gasteiger partial charge in [0.05, 0.1) is 10.7 Å². The quantitative estimate of drug-likeness (QED) is 0.298. The van der Waals surface area contributed by atoms with E-state index in [1.54, 1.807) is 38.1 Å². The fraction of sp³-hybridized carbons (Fsp3) is 0.600. The van der Waals surface area contributed by atoms with Crippen LogP contribution in [0, 0.1) is 5.82 Å². The van der Waals surface area contributed by atoms with Gasteiger partial charge in [-0.05, 0) is 108 Å². The molecule has 0 bridgehead atoms. The zero-order valence-electron chi connectivity index (χ0n) is 27.6. The molecule has 252 valence electrons. The van der Waals surface area contributed by atoms with Crippen LogP contribution in [0.1, 0.15) is 104 Å². The van der Waals surface area contributed by atoms with E-state index in [4.69, 9.17) is 4.74 Å². The molecule has 0 spiro atoms. The van der Waals surface area contributed by atoms with Crippen molar-refractivity contribution in [3.05, 3.63) is 53.3 Å². The molecular formula is C35H47F2N3O5S. The van der Waals surface area contributed by atoms with E-state index in [0.717, 1.165) is 19.3 Å². The summed E-state index contributed by atoms with van der Waals surface area (Å²) in [6, 6.07) is 10.0. The number of amides is 2. The molecule has 3 N–H and O–H groups in total. The number of benzene rings is 2. The lowest BCUT2D eigenvalue weighted by Gasteiger charge is -2.30. The molecular weight excluding hydrogens is 612 g/mol. The minimum atomic E-state index is -3.85. The Morgan fingerprint density at radius 2 is 1.78 bits per heavy atom. The average Bonchev–Trinajstić information content (AvgIpc) is 3.50. The van der Waals surface area contributed by atoms with E-state index in [0.29, 0.717) is 47.3 Å². The molecule has 8 nitrogen and oxygen atoms in total. The molecule has 3 fully saturated rings. The Bertz CT molecular complexity index is 1610. The van der Waals surface area contributed by atoms with Crippen molar-refractivity contribution in [2.45, 2.75) is 126 Å². The van der Waals surface area contributed by atoms with Crippen LogP contribution < -0.4 is 20.1 Å². The minimum absolute atomic E-state index is 0.0249. The number of sulfonamides is 1. The van der Waals surface area contributed by atoms with Gasteiger partial charge in [-0.3, -0.25) is 14.3 Å². The van der Waals surface area contributed by atoms with Gasteiger partial charge in [0.1, 0.15) is 17.7 Å². The van der Waals surface area contributed by atoms with Crippen molar-refractivity contribution in [1.29, 1.82) is 0 Å². The summed E-state index contributed by atoms with van der Waals surface area (Å²) in [4.78, 5) is 26.2. The molecule has 2 aromatic carbocycles. The van der Waals surface area contributed by atoms with Gasteiger partial charge < -0.3 is 15.4 Å². The summed E-state index contributed by atoms with van der Waals surface area (Å²) >= 11 is 0. The molecule has 5 rings (SSSR count). The molecule has 1 aliphatic heterocycles. The van der Waals surface area contributed by atoms with Crippen molar-refractivity contribution in [3.63, 3.8) is 0 Å². The lowest BCUT2D eigenvalue weighted by Crippen LogP contribution is -2.48. The van der Waals surface area contributed by atoms with Gasteiger partial charge in [0.15, 0.2) is 0 Å². The first-order valence-electron chi connectivity index (χ1n) is 16.3. The first-order valence-corrected chi connectivity index (χ1v) is 17.9. The number of hydrogen-bond acceptors (Lipinski definition) is 6. The summed E-state index contributed by atoms with van der Waals surface area (Å²) in [7, 11) is -3.85. The van der Waals surface area contributed by atoms with Gasteiger partial charge in [-0.15, -0.1) is 0 Å². The third-order valence-corrected chi connectivity index (χ3v) is 11.7. The molecule has 11 heteroatoms. The highest BCUT2D eigenvalue weighted by atomic mass is 32.2. The first-order chi connectivity index (χ1) is 21.4. The molecule has 0 radical (unpaired) electrons. The molecule has 2 aliphatic carbocycles. The van der Waals surface area contributed by atoms with Gasteiger partial charge in [-0.1, -0.05) is 24.6 Å². The van der Waals surface area contributed by atoms with Crippen LogP contribution in [0.25, 0.3) is 11.1 Å². The Balaban J connectivity index is 1.43. The predicted molar refractivity (Wildman–Crippen MR) is 174 cm³/mol. The normalized spacial score (nSPS) is 24.9. The van der Waals surface area contributed by atoms with Gasteiger partial charge in [-0.2, -0.15) is 0 Å². The summed E-state index contributed by atoms with van der Waals surface area (Å²) < 4.78 is 64.6. The summed E-state index contributed by atoms with van der Waals surface area (Å²) in [5.41, 5.74) is -1.22. The number of alkyl halides is 1. The van der Waals surface area contributed by atoms with E-state index in [-0.39, 0.29) is 36.8 Å². The smallest absolute Gasteiger partial charge is 0.259 e. The third-order valence-electron chi connectivity index (χ3n) is 9.97. The SMILES string of the molecule is CC(C)S(=O)(=O)NC(=O)C(C)(C)c1ccc(O[C@@H]2CC[C@@H](NC(=O)[C@]3(F)CNC(C)(C)C3)C2)c(-c2cccc(F)c2C2CCC2)c1. The third kappa shape index (κ3) is 6.95. The second kappa shape index (κ2) is 12.5. The van der Waals surface area contributed by atoms with E-state index < -0.39 is 43.7 Å². The van der Waals surface area contributed by atoms with Crippen LogP contribution in [0.5, 0.6) is 5.75 Å².